The molecule has 186 valence electrons. The van der Waals surface area contributed by atoms with E-state index in [1.807, 2.05) is 0 Å². The average Bonchev–Trinajstić information content (AvgIpc) is 3.71. The minimum Gasteiger partial charge on any atom is -0.198 e. The Morgan fingerprint density at radius 1 is 0.618 bits per heavy atom. The van der Waals surface area contributed by atoms with Crippen LogP contribution in [0.4, 0.5) is 0 Å². The molecule has 0 heteroatoms. The summed E-state index contributed by atoms with van der Waals surface area (Å²) in [6.45, 7) is 12.6. The van der Waals surface area contributed by atoms with E-state index in [9.17, 15) is 0 Å². The molecule has 0 saturated heterocycles. The number of fused-ring (bicyclic) bond motifs is 6. The van der Waals surface area contributed by atoms with Gasteiger partial charge in [-0.15, -0.1) is 23.3 Å². The van der Waals surface area contributed by atoms with E-state index in [1.54, 1.807) is 16.7 Å². The van der Waals surface area contributed by atoms with E-state index in [4.69, 9.17) is 6.92 Å². The molecule has 9 unspecified atom stereocenters. The van der Waals surface area contributed by atoms with Crippen LogP contribution in [-0.4, -0.2) is 0 Å². The Kier molecular flexibility index (Phi) is 4.95. The lowest BCUT2D eigenvalue weighted by Gasteiger charge is -2.50. The first-order valence-corrected chi connectivity index (χ1v) is 15.5. The molecule has 0 nitrogen and oxygen atoms in total. The molecule has 1 aromatic rings. The summed E-state index contributed by atoms with van der Waals surface area (Å²) in [5, 5.41) is 0. The molecule has 0 aliphatic heterocycles. The minimum absolute atomic E-state index is 0.420. The molecule has 6 aliphatic rings. The van der Waals surface area contributed by atoms with Crippen molar-refractivity contribution >= 4 is 0 Å². The highest BCUT2D eigenvalue weighted by Crippen LogP contribution is 2.65. The Morgan fingerprint density at radius 2 is 1.00 bits per heavy atom. The lowest BCUT2D eigenvalue weighted by molar-refractivity contribution is 0.238. The second-order valence-corrected chi connectivity index (χ2v) is 14.3. The molecule has 0 N–H and O–H groups in total. The maximum Gasteiger partial charge on any atom is -0.00390 e. The second-order valence-electron chi connectivity index (χ2n) is 14.3. The smallest absolute Gasteiger partial charge is 0.00390 e. The second kappa shape index (κ2) is 7.55. The third kappa shape index (κ3) is 2.70. The van der Waals surface area contributed by atoms with Gasteiger partial charge in [-0.05, 0) is 90.3 Å². The van der Waals surface area contributed by atoms with Crippen molar-refractivity contribution in [3.63, 3.8) is 0 Å². The van der Waals surface area contributed by atoms with Crippen molar-refractivity contribution < 1.29 is 0 Å². The maximum absolute atomic E-state index is 5.03. The molecule has 0 radical (unpaired) electrons. The SMILES string of the molecule is [CH2-]c1c(C2(CC)CC3CCC2C3)cc(C2(CC)CC3CCC2C3)cc1C1(CC)CC2CCC1C2. The van der Waals surface area contributed by atoms with E-state index in [0.29, 0.717) is 16.2 Å². The molecule has 6 fully saturated rings. The predicted molar refractivity (Wildman–Crippen MR) is 143 cm³/mol. The minimum atomic E-state index is 0.420. The number of benzene rings is 1. The summed E-state index contributed by atoms with van der Waals surface area (Å²) in [7, 11) is 0. The van der Waals surface area contributed by atoms with Gasteiger partial charge in [-0.1, -0.05) is 84.1 Å². The van der Waals surface area contributed by atoms with Crippen LogP contribution in [0.1, 0.15) is 139 Å². The van der Waals surface area contributed by atoms with Crippen molar-refractivity contribution in [1.82, 2.24) is 0 Å². The number of hydrogen-bond donors (Lipinski definition) is 0. The van der Waals surface area contributed by atoms with E-state index < -0.39 is 0 Å². The lowest BCUT2D eigenvalue weighted by Crippen LogP contribution is -2.39. The molecule has 1 aromatic carbocycles. The van der Waals surface area contributed by atoms with E-state index in [1.165, 1.54) is 102 Å². The highest BCUT2D eigenvalue weighted by Gasteiger charge is 2.54. The van der Waals surface area contributed by atoms with Crippen molar-refractivity contribution in [2.45, 2.75) is 133 Å². The van der Waals surface area contributed by atoms with Crippen LogP contribution < -0.4 is 0 Å². The molecular weight excluding hydrogens is 408 g/mol. The van der Waals surface area contributed by atoms with Gasteiger partial charge in [-0.2, -0.15) is 12.5 Å². The fraction of sp³-hybridized carbons (Fsp3) is 0.794. The third-order valence-electron chi connectivity index (χ3n) is 13.7. The van der Waals surface area contributed by atoms with Gasteiger partial charge in [0, 0.05) is 0 Å². The molecule has 0 heterocycles. The van der Waals surface area contributed by atoms with E-state index in [-0.39, 0.29) is 0 Å². The standard InChI is InChI=1S/C34H49/c1-5-32(19-23-8-11-26(32)14-23)29-17-30(33(6-2)20-24-9-12-27(33)15-24)22(4)31(18-29)34(7-3)21-25-10-13-28(34)16-25/h17-18,23-28H,4-16,19-21H2,1-3H3/q-1. The van der Waals surface area contributed by atoms with Gasteiger partial charge in [0.25, 0.3) is 0 Å². The van der Waals surface area contributed by atoms with Crippen LogP contribution >= 0.6 is 0 Å². The van der Waals surface area contributed by atoms with Crippen LogP contribution in [-0.2, 0) is 16.2 Å². The van der Waals surface area contributed by atoms with Crippen LogP contribution in [0.2, 0.25) is 0 Å². The summed E-state index contributed by atoms with van der Waals surface area (Å²) in [6, 6.07) is 5.63. The molecule has 6 aliphatic carbocycles. The monoisotopic (exact) mass is 457 g/mol. The fourth-order valence-electron chi connectivity index (χ4n) is 12.1. The van der Waals surface area contributed by atoms with Crippen LogP contribution in [0.5, 0.6) is 0 Å². The van der Waals surface area contributed by atoms with Crippen LogP contribution in [0, 0.1) is 42.4 Å². The predicted octanol–water partition coefficient (Wildman–Crippen LogP) is 9.27. The molecule has 0 amide bonds. The van der Waals surface area contributed by atoms with Gasteiger partial charge in [-0.3, -0.25) is 0 Å². The van der Waals surface area contributed by atoms with Crippen molar-refractivity contribution in [2.24, 2.45) is 35.5 Å². The van der Waals surface area contributed by atoms with Gasteiger partial charge >= 0.3 is 0 Å². The topological polar surface area (TPSA) is 0 Å². The van der Waals surface area contributed by atoms with Gasteiger partial charge < -0.3 is 0 Å². The van der Waals surface area contributed by atoms with Crippen molar-refractivity contribution in [1.29, 1.82) is 0 Å². The maximum atomic E-state index is 5.03. The summed E-state index contributed by atoms with van der Waals surface area (Å²) in [5.74, 6) is 5.75. The Bertz CT molecular complexity index is 915. The Labute approximate surface area is 210 Å². The van der Waals surface area contributed by atoms with Crippen LogP contribution in [0.25, 0.3) is 0 Å². The van der Waals surface area contributed by atoms with Gasteiger partial charge in [-0.25, -0.2) is 0 Å². The van der Waals surface area contributed by atoms with Gasteiger partial charge in [0.1, 0.15) is 0 Å². The summed E-state index contributed by atoms with van der Waals surface area (Å²) in [5.41, 5.74) is 8.10. The van der Waals surface area contributed by atoms with E-state index in [0.717, 1.165) is 35.5 Å². The summed E-state index contributed by atoms with van der Waals surface area (Å²) >= 11 is 0. The molecule has 34 heavy (non-hydrogen) atoms. The molecular formula is C34H49-. The molecule has 7 rings (SSSR count). The zero-order valence-corrected chi connectivity index (χ0v) is 22.4. The van der Waals surface area contributed by atoms with Gasteiger partial charge in [0.15, 0.2) is 0 Å². The quantitative estimate of drug-likeness (QED) is 0.373. The zero-order valence-electron chi connectivity index (χ0n) is 22.4. The lowest BCUT2D eigenvalue weighted by atomic mass is 9.58. The van der Waals surface area contributed by atoms with Gasteiger partial charge in [0.05, 0.1) is 0 Å². The van der Waals surface area contributed by atoms with Crippen LogP contribution in [0.15, 0.2) is 12.1 Å². The highest BCUT2D eigenvalue weighted by atomic mass is 14.6. The molecule has 0 aromatic heterocycles. The first-order chi connectivity index (χ1) is 16.5. The van der Waals surface area contributed by atoms with Crippen molar-refractivity contribution in [3.8, 4) is 0 Å². The number of hydrogen-bond acceptors (Lipinski definition) is 0. The van der Waals surface area contributed by atoms with E-state index in [2.05, 4.69) is 32.9 Å². The highest BCUT2D eigenvalue weighted by molar-refractivity contribution is 5.53. The largest absolute Gasteiger partial charge is 0.198 e. The van der Waals surface area contributed by atoms with E-state index >= 15 is 0 Å². The summed E-state index contributed by atoms with van der Waals surface area (Å²) in [4.78, 5) is 0. The first kappa shape index (κ1) is 22.3. The third-order valence-corrected chi connectivity index (χ3v) is 13.7. The summed E-state index contributed by atoms with van der Waals surface area (Å²) in [6.07, 6.45) is 21.8. The zero-order chi connectivity index (χ0) is 23.3. The molecule has 6 saturated carbocycles. The fourth-order valence-corrected chi connectivity index (χ4v) is 12.1. The normalized spacial score (nSPS) is 48.4. The number of rotatable bonds is 6. The van der Waals surface area contributed by atoms with Crippen molar-refractivity contribution in [2.75, 3.05) is 0 Å². The molecule has 6 bridgehead atoms. The Hall–Kier alpha value is -0.910. The first-order valence-electron chi connectivity index (χ1n) is 15.5. The molecule has 9 atom stereocenters. The Balaban J connectivity index is 1.45. The van der Waals surface area contributed by atoms with Crippen LogP contribution in [0.3, 0.4) is 0 Å². The average molecular weight is 458 g/mol. The van der Waals surface area contributed by atoms with Gasteiger partial charge in [0.2, 0.25) is 0 Å². The summed E-state index contributed by atoms with van der Waals surface area (Å²) < 4.78 is 0. The van der Waals surface area contributed by atoms with Crippen molar-refractivity contribution in [3.05, 3.63) is 41.3 Å². The Morgan fingerprint density at radius 3 is 1.29 bits per heavy atom. The molecule has 0 spiro atoms.